The van der Waals surface area contributed by atoms with Crippen molar-refractivity contribution in [3.05, 3.63) is 36.4 Å². The summed E-state index contributed by atoms with van der Waals surface area (Å²) in [7, 11) is 0. The Morgan fingerprint density at radius 2 is 2.28 bits per heavy atom. The second kappa shape index (κ2) is 4.11. The minimum Gasteiger partial charge on any atom is -0.615 e. The minimum absolute atomic E-state index is 0.168. The minimum atomic E-state index is -1.57. The van der Waals surface area contributed by atoms with Gasteiger partial charge in [-0.3, -0.25) is 19.3 Å². The molecule has 0 bridgehead atoms. The van der Waals surface area contributed by atoms with Crippen LogP contribution in [0.4, 0.5) is 0 Å². The van der Waals surface area contributed by atoms with Gasteiger partial charge in [-0.1, -0.05) is 6.07 Å². The number of fused-ring (bicyclic) bond motifs is 1. The molecule has 3 rings (SSSR count). The fourth-order valence-electron chi connectivity index (χ4n) is 1.96. The maximum atomic E-state index is 11.9. The molecule has 2 amide bonds. The molecule has 1 fully saturated rings. The lowest BCUT2D eigenvalue weighted by Gasteiger charge is -2.23. The normalized spacial score (nSPS) is 24.3. The van der Waals surface area contributed by atoms with Crippen molar-refractivity contribution in [3.8, 4) is 0 Å². The number of amides is 2. The maximum Gasteiger partial charge on any atom is 0.287 e. The van der Waals surface area contributed by atoms with Crippen LogP contribution in [-0.4, -0.2) is 31.5 Å². The number of imidazole rings is 1. The van der Waals surface area contributed by atoms with Gasteiger partial charge in [-0.05, 0) is 23.3 Å². The van der Waals surface area contributed by atoms with Crippen LogP contribution in [0.1, 0.15) is 11.1 Å². The monoisotopic (exact) mass is 263 g/mol. The van der Waals surface area contributed by atoms with Crippen LogP contribution in [0, 0.1) is 0 Å². The molecule has 1 saturated heterocycles. The third-order valence-electron chi connectivity index (χ3n) is 2.74. The largest absolute Gasteiger partial charge is 0.615 e. The lowest BCUT2D eigenvalue weighted by atomic mass is 10.3. The van der Waals surface area contributed by atoms with E-state index in [1.54, 1.807) is 22.9 Å². The first-order valence-electron chi connectivity index (χ1n) is 5.29. The summed E-state index contributed by atoms with van der Waals surface area (Å²) in [5.41, 5.74) is 0.814. The van der Waals surface area contributed by atoms with Crippen molar-refractivity contribution in [1.82, 2.24) is 14.7 Å². The van der Waals surface area contributed by atoms with E-state index >= 15 is 0 Å². The van der Waals surface area contributed by atoms with Gasteiger partial charge in [0.25, 0.3) is 17.1 Å². The Morgan fingerprint density at radius 3 is 3.06 bits per heavy atom. The fraction of sp³-hybridized carbons (Fsp3) is 0.182. The highest BCUT2D eigenvalue weighted by Gasteiger charge is 2.42. The summed E-state index contributed by atoms with van der Waals surface area (Å²) in [6.45, 7) is 0. The number of aromatic nitrogens is 2. The lowest BCUT2D eigenvalue weighted by molar-refractivity contribution is -0.129. The number of carbonyl (C=O) groups excluding carboxylic acids is 2. The summed E-state index contributed by atoms with van der Waals surface area (Å²) in [5.74, 6) is -0.830. The van der Waals surface area contributed by atoms with Gasteiger partial charge in [0.2, 0.25) is 0 Å². The van der Waals surface area contributed by atoms with E-state index in [-0.39, 0.29) is 5.75 Å². The van der Waals surface area contributed by atoms with Gasteiger partial charge in [0.15, 0.2) is 11.6 Å². The summed E-state index contributed by atoms with van der Waals surface area (Å²) < 4.78 is 13.6. The molecule has 18 heavy (non-hydrogen) atoms. The third kappa shape index (κ3) is 1.68. The Bertz CT molecular complexity index is 639. The molecule has 0 aliphatic carbocycles. The van der Waals surface area contributed by atoms with Gasteiger partial charge >= 0.3 is 0 Å². The zero-order valence-electron chi connectivity index (χ0n) is 9.20. The van der Waals surface area contributed by atoms with Crippen LogP contribution in [0.15, 0.2) is 30.6 Å². The van der Waals surface area contributed by atoms with Gasteiger partial charge in [0.05, 0.1) is 11.7 Å². The van der Waals surface area contributed by atoms with Crippen molar-refractivity contribution >= 4 is 28.5 Å². The Balaban J connectivity index is 2.08. The number of rotatable bonds is 1. The lowest BCUT2D eigenvalue weighted by Crippen LogP contribution is -2.48. The molecule has 92 valence electrons. The SMILES string of the molecule is O=C1C[S+]([O-])C(c2ncc3ccccn23)C(=O)N1. The van der Waals surface area contributed by atoms with Crippen molar-refractivity contribution in [2.45, 2.75) is 5.25 Å². The van der Waals surface area contributed by atoms with Crippen LogP contribution < -0.4 is 5.32 Å². The van der Waals surface area contributed by atoms with Crippen LogP contribution in [0.25, 0.3) is 5.52 Å². The molecule has 3 heterocycles. The zero-order chi connectivity index (χ0) is 12.7. The average molecular weight is 263 g/mol. The average Bonchev–Trinajstić information content (AvgIpc) is 2.72. The van der Waals surface area contributed by atoms with Gasteiger partial charge in [-0.15, -0.1) is 0 Å². The first-order chi connectivity index (χ1) is 8.66. The molecule has 0 spiro atoms. The van der Waals surface area contributed by atoms with E-state index in [1.807, 2.05) is 12.1 Å². The first-order valence-corrected chi connectivity index (χ1v) is 6.68. The molecule has 2 aromatic rings. The molecule has 0 saturated carbocycles. The van der Waals surface area contributed by atoms with Gasteiger partial charge < -0.3 is 4.55 Å². The number of nitrogens with one attached hydrogen (secondary N) is 1. The van der Waals surface area contributed by atoms with Crippen LogP contribution >= 0.6 is 0 Å². The molecule has 1 aliphatic rings. The molecule has 7 heteroatoms. The molecule has 1 aliphatic heterocycles. The number of pyridine rings is 1. The van der Waals surface area contributed by atoms with Crippen LogP contribution in [0.5, 0.6) is 0 Å². The van der Waals surface area contributed by atoms with E-state index in [0.29, 0.717) is 5.82 Å². The smallest absolute Gasteiger partial charge is 0.287 e. The van der Waals surface area contributed by atoms with Crippen molar-refractivity contribution < 1.29 is 14.1 Å². The molecule has 2 atom stereocenters. The Hall–Kier alpha value is -1.86. The van der Waals surface area contributed by atoms with E-state index in [4.69, 9.17) is 0 Å². The van der Waals surface area contributed by atoms with E-state index in [0.717, 1.165) is 5.52 Å². The van der Waals surface area contributed by atoms with Crippen LogP contribution in [0.2, 0.25) is 0 Å². The highest BCUT2D eigenvalue weighted by Crippen LogP contribution is 2.25. The summed E-state index contributed by atoms with van der Waals surface area (Å²) >= 11 is -1.57. The predicted octanol–water partition coefficient (Wildman–Crippen LogP) is -0.219. The molecule has 2 unspecified atom stereocenters. The van der Waals surface area contributed by atoms with Crippen LogP contribution in [-0.2, 0) is 20.8 Å². The number of hydrogen-bond acceptors (Lipinski definition) is 4. The molecular formula is C11H9N3O3S. The van der Waals surface area contributed by atoms with E-state index in [2.05, 4.69) is 10.3 Å². The Morgan fingerprint density at radius 1 is 1.44 bits per heavy atom. The second-order valence-corrected chi connectivity index (χ2v) is 5.45. The van der Waals surface area contributed by atoms with Gasteiger partial charge in [-0.25, -0.2) is 4.98 Å². The summed E-state index contributed by atoms with van der Waals surface area (Å²) in [5, 5.41) is 1.29. The predicted molar refractivity (Wildman–Crippen MR) is 64.1 cm³/mol. The molecule has 0 radical (unpaired) electrons. The number of imide groups is 1. The second-order valence-electron chi connectivity index (χ2n) is 3.93. The highest BCUT2D eigenvalue weighted by atomic mass is 32.2. The van der Waals surface area contributed by atoms with E-state index in [9.17, 15) is 14.1 Å². The van der Waals surface area contributed by atoms with Crippen molar-refractivity contribution in [2.75, 3.05) is 5.75 Å². The first kappa shape index (κ1) is 11.2. The van der Waals surface area contributed by atoms with Crippen molar-refractivity contribution in [1.29, 1.82) is 0 Å². The van der Waals surface area contributed by atoms with Gasteiger partial charge in [-0.2, -0.15) is 0 Å². The zero-order valence-corrected chi connectivity index (χ0v) is 10.0. The standard InChI is InChI=1S/C11H9N3O3S/c15-8-6-18(17)9(11(16)13-8)10-12-5-7-3-1-2-4-14(7)10/h1-5,9H,6H2,(H,13,15,16). The van der Waals surface area contributed by atoms with Gasteiger partial charge in [0, 0.05) is 6.20 Å². The fourth-order valence-corrected chi connectivity index (χ4v) is 3.17. The van der Waals surface area contributed by atoms with E-state index < -0.39 is 28.2 Å². The van der Waals surface area contributed by atoms with Crippen molar-refractivity contribution in [2.24, 2.45) is 0 Å². The Labute approximate surface area is 105 Å². The molecule has 6 nitrogen and oxygen atoms in total. The number of carbonyl (C=O) groups is 2. The molecule has 2 aromatic heterocycles. The van der Waals surface area contributed by atoms with E-state index in [1.165, 1.54) is 0 Å². The van der Waals surface area contributed by atoms with Crippen LogP contribution in [0.3, 0.4) is 0 Å². The highest BCUT2D eigenvalue weighted by molar-refractivity contribution is 7.93. The quantitative estimate of drug-likeness (QED) is 0.569. The molecule has 1 N–H and O–H groups in total. The summed E-state index contributed by atoms with van der Waals surface area (Å²) in [6, 6.07) is 5.49. The molecular weight excluding hydrogens is 254 g/mol. The topological polar surface area (TPSA) is 86.5 Å². The molecule has 0 aromatic carbocycles. The summed E-state index contributed by atoms with van der Waals surface area (Å²) in [6.07, 6.45) is 3.36. The Kier molecular flexibility index (Phi) is 2.57. The third-order valence-corrected chi connectivity index (χ3v) is 4.24. The summed E-state index contributed by atoms with van der Waals surface area (Å²) in [4.78, 5) is 27.0. The van der Waals surface area contributed by atoms with Gasteiger partial charge in [0.1, 0.15) is 0 Å². The number of nitrogens with zero attached hydrogens (tertiary/aromatic N) is 2. The van der Waals surface area contributed by atoms with Crippen molar-refractivity contribution in [3.63, 3.8) is 0 Å². The number of hydrogen-bond donors (Lipinski definition) is 1. The maximum absolute atomic E-state index is 11.9.